The maximum atomic E-state index is 11.4. The number of nitrogen functional groups attached to an aromatic ring is 1. The average Bonchev–Trinajstić information content (AvgIpc) is 2.40. The Morgan fingerprint density at radius 2 is 2.00 bits per heavy atom. The van der Waals surface area contributed by atoms with Gasteiger partial charge in [-0.15, -0.1) is 0 Å². The Balaban J connectivity index is 2.69. The first-order valence-electron chi connectivity index (χ1n) is 5.72. The van der Waals surface area contributed by atoms with Crippen molar-refractivity contribution in [2.24, 2.45) is 0 Å². The SMILES string of the molecule is COc1cc(N)c(OCC[S@@](=O)CCO)c(OC)c1. The fourth-order valence-electron chi connectivity index (χ4n) is 1.46. The standard InChI is InChI=1S/C12H19NO5S/c1-16-9-7-10(13)12(11(8-9)17-2)18-4-6-19(15)5-3-14/h7-8,14H,3-6,13H2,1-2H3/t19-/m0/s1. The molecule has 3 N–H and O–H groups in total. The van der Waals surface area contributed by atoms with Crippen molar-refractivity contribution >= 4 is 16.5 Å². The lowest BCUT2D eigenvalue weighted by molar-refractivity contribution is 0.310. The molecule has 0 spiro atoms. The van der Waals surface area contributed by atoms with E-state index in [9.17, 15) is 4.21 Å². The number of hydrogen-bond donors (Lipinski definition) is 2. The number of nitrogens with two attached hydrogens (primary N) is 1. The topological polar surface area (TPSA) is 91.0 Å². The number of anilines is 1. The Labute approximate surface area is 114 Å². The monoisotopic (exact) mass is 289 g/mol. The van der Waals surface area contributed by atoms with Gasteiger partial charge in [-0.05, 0) is 0 Å². The summed E-state index contributed by atoms with van der Waals surface area (Å²) < 4.78 is 27.1. The second kappa shape index (κ2) is 7.85. The van der Waals surface area contributed by atoms with Crippen LogP contribution in [-0.4, -0.2) is 48.3 Å². The van der Waals surface area contributed by atoms with Gasteiger partial charge in [0.15, 0.2) is 11.5 Å². The van der Waals surface area contributed by atoms with Crippen LogP contribution in [0.2, 0.25) is 0 Å². The Bertz CT molecular complexity index is 438. The fourth-order valence-corrected chi connectivity index (χ4v) is 2.14. The van der Waals surface area contributed by atoms with Gasteiger partial charge < -0.3 is 25.1 Å². The molecular formula is C12H19NO5S. The number of aliphatic hydroxyl groups excluding tert-OH is 1. The Hall–Kier alpha value is -1.47. The van der Waals surface area contributed by atoms with Crippen LogP contribution in [0, 0.1) is 0 Å². The van der Waals surface area contributed by atoms with Gasteiger partial charge >= 0.3 is 0 Å². The second-order valence-corrected chi connectivity index (χ2v) is 5.36. The molecule has 108 valence electrons. The number of ether oxygens (including phenoxy) is 3. The molecule has 0 aromatic heterocycles. The van der Waals surface area contributed by atoms with E-state index >= 15 is 0 Å². The average molecular weight is 289 g/mol. The van der Waals surface area contributed by atoms with Crippen LogP contribution in [0.5, 0.6) is 17.2 Å². The molecule has 0 bridgehead atoms. The van der Waals surface area contributed by atoms with Gasteiger partial charge in [0.25, 0.3) is 0 Å². The lowest BCUT2D eigenvalue weighted by atomic mass is 10.2. The molecule has 1 aromatic carbocycles. The summed E-state index contributed by atoms with van der Waals surface area (Å²) in [7, 11) is 1.94. The largest absolute Gasteiger partial charge is 0.497 e. The first-order valence-corrected chi connectivity index (χ1v) is 7.21. The van der Waals surface area contributed by atoms with Gasteiger partial charge in [0, 0.05) is 28.7 Å². The van der Waals surface area contributed by atoms with E-state index in [4.69, 9.17) is 25.1 Å². The molecule has 0 aliphatic rings. The highest BCUT2D eigenvalue weighted by Crippen LogP contribution is 2.37. The van der Waals surface area contributed by atoms with E-state index in [0.29, 0.717) is 28.7 Å². The summed E-state index contributed by atoms with van der Waals surface area (Å²) in [5.41, 5.74) is 6.24. The third-order valence-corrected chi connectivity index (χ3v) is 3.65. The quantitative estimate of drug-likeness (QED) is 0.673. The molecule has 0 unspecified atom stereocenters. The van der Waals surface area contributed by atoms with E-state index < -0.39 is 10.8 Å². The van der Waals surface area contributed by atoms with Gasteiger partial charge in [0.05, 0.1) is 32.3 Å². The van der Waals surface area contributed by atoms with Crippen molar-refractivity contribution in [1.29, 1.82) is 0 Å². The van der Waals surface area contributed by atoms with E-state index in [2.05, 4.69) is 0 Å². The van der Waals surface area contributed by atoms with E-state index in [1.165, 1.54) is 14.2 Å². The molecule has 0 fully saturated rings. The number of hydrogen-bond acceptors (Lipinski definition) is 6. The number of rotatable bonds is 8. The van der Waals surface area contributed by atoms with Crippen LogP contribution >= 0.6 is 0 Å². The van der Waals surface area contributed by atoms with Crippen LogP contribution in [0.1, 0.15) is 0 Å². The van der Waals surface area contributed by atoms with Crippen molar-refractivity contribution in [2.75, 3.05) is 44.7 Å². The maximum Gasteiger partial charge on any atom is 0.184 e. The van der Waals surface area contributed by atoms with Crippen molar-refractivity contribution in [3.8, 4) is 17.2 Å². The van der Waals surface area contributed by atoms with Crippen molar-refractivity contribution in [3.05, 3.63) is 12.1 Å². The van der Waals surface area contributed by atoms with Gasteiger partial charge in [0.1, 0.15) is 12.4 Å². The lowest BCUT2D eigenvalue weighted by Crippen LogP contribution is -2.13. The first kappa shape index (κ1) is 15.6. The van der Waals surface area contributed by atoms with Gasteiger partial charge in [-0.1, -0.05) is 0 Å². The van der Waals surface area contributed by atoms with Crippen molar-refractivity contribution < 1.29 is 23.5 Å². The van der Waals surface area contributed by atoms with Crippen molar-refractivity contribution in [2.45, 2.75) is 0 Å². The molecular weight excluding hydrogens is 270 g/mol. The Morgan fingerprint density at radius 1 is 1.26 bits per heavy atom. The summed E-state index contributed by atoms with van der Waals surface area (Å²) in [4.78, 5) is 0. The van der Waals surface area contributed by atoms with Gasteiger partial charge in [-0.2, -0.15) is 0 Å². The molecule has 0 amide bonds. The van der Waals surface area contributed by atoms with Crippen LogP contribution in [0.3, 0.4) is 0 Å². The number of benzene rings is 1. The summed E-state index contributed by atoms with van der Waals surface area (Å²) >= 11 is 0. The Kier molecular flexibility index (Phi) is 6.44. The summed E-state index contributed by atoms with van der Waals surface area (Å²) in [5.74, 6) is 2.02. The molecule has 0 radical (unpaired) electrons. The van der Waals surface area contributed by atoms with Crippen LogP contribution in [0.15, 0.2) is 12.1 Å². The van der Waals surface area contributed by atoms with E-state index in [0.717, 1.165) is 0 Å². The molecule has 6 nitrogen and oxygen atoms in total. The highest BCUT2D eigenvalue weighted by Gasteiger charge is 2.12. The highest BCUT2D eigenvalue weighted by molar-refractivity contribution is 7.85. The third-order valence-electron chi connectivity index (χ3n) is 2.39. The van der Waals surface area contributed by atoms with Gasteiger partial charge in [0.2, 0.25) is 0 Å². The first-order chi connectivity index (χ1) is 9.12. The minimum Gasteiger partial charge on any atom is -0.497 e. The fraction of sp³-hybridized carbons (Fsp3) is 0.500. The van der Waals surface area contributed by atoms with Crippen LogP contribution in [0.25, 0.3) is 0 Å². The number of aliphatic hydroxyl groups is 1. The molecule has 7 heteroatoms. The predicted octanol–water partition coefficient (Wildman–Crippen LogP) is 0.406. The van der Waals surface area contributed by atoms with Gasteiger partial charge in [-0.25, -0.2) is 0 Å². The number of methoxy groups -OCH3 is 2. The van der Waals surface area contributed by atoms with Crippen LogP contribution in [-0.2, 0) is 10.8 Å². The van der Waals surface area contributed by atoms with E-state index in [1.807, 2.05) is 0 Å². The maximum absolute atomic E-state index is 11.4. The summed E-state index contributed by atoms with van der Waals surface area (Å²) in [6.45, 7) is 0.139. The minimum absolute atomic E-state index is 0.0966. The van der Waals surface area contributed by atoms with Crippen LogP contribution in [0.4, 0.5) is 5.69 Å². The zero-order chi connectivity index (χ0) is 14.3. The lowest BCUT2D eigenvalue weighted by Gasteiger charge is -2.14. The minimum atomic E-state index is -1.10. The third kappa shape index (κ3) is 4.60. The molecule has 0 heterocycles. The highest BCUT2D eigenvalue weighted by atomic mass is 32.2. The molecule has 0 aliphatic carbocycles. The summed E-state index contributed by atoms with van der Waals surface area (Å²) in [6.07, 6.45) is 0. The second-order valence-electron chi connectivity index (χ2n) is 3.67. The predicted molar refractivity (Wildman–Crippen MR) is 74.4 cm³/mol. The smallest absolute Gasteiger partial charge is 0.184 e. The molecule has 0 aliphatic heterocycles. The van der Waals surface area contributed by atoms with Crippen molar-refractivity contribution in [1.82, 2.24) is 0 Å². The Morgan fingerprint density at radius 3 is 2.58 bits per heavy atom. The molecule has 19 heavy (non-hydrogen) atoms. The molecule has 1 aromatic rings. The summed E-state index contributed by atoms with van der Waals surface area (Å²) in [5, 5.41) is 8.65. The normalized spacial score (nSPS) is 11.9. The molecule has 0 saturated heterocycles. The molecule has 1 rings (SSSR count). The zero-order valence-electron chi connectivity index (χ0n) is 11.0. The molecule has 0 saturated carbocycles. The van der Waals surface area contributed by atoms with E-state index in [-0.39, 0.29) is 19.0 Å². The molecule has 1 atom stereocenters. The van der Waals surface area contributed by atoms with Gasteiger partial charge in [-0.3, -0.25) is 4.21 Å². The zero-order valence-corrected chi connectivity index (χ0v) is 11.9. The van der Waals surface area contributed by atoms with Crippen molar-refractivity contribution in [3.63, 3.8) is 0 Å². The van der Waals surface area contributed by atoms with E-state index in [1.54, 1.807) is 12.1 Å². The van der Waals surface area contributed by atoms with Crippen LogP contribution < -0.4 is 19.9 Å². The summed E-state index contributed by atoms with van der Waals surface area (Å²) in [6, 6.07) is 3.29.